The van der Waals surface area contributed by atoms with E-state index in [-0.39, 0.29) is 53.6 Å². The Morgan fingerprint density at radius 3 is 1.52 bits per heavy atom. The minimum atomic E-state index is -0.323. The average Bonchev–Trinajstić information content (AvgIpc) is 3.66. The molecule has 4 saturated heterocycles. The van der Waals surface area contributed by atoms with Gasteiger partial charge in [0.1, 0.15) is 11.6 Å². The molecule has 0 saturated carbocycles. The number of hydrogen-bond acceptors (Lipinski definition) is 6. The van der Waals surface area contributed by atoms with E-state index in [0.717, 1.165) is 81.6 Å². The first-order valence-corrected chi connectivity index (χ1v) is 21.5. The van der Waals surface area contributed by atoms with Crippen LogP contribution in [0.4, 0.5) is 25.0 Å². The lowest BCUT2D eigenvalue weighted by Crippen LogP contribution is -2.55. The monoisotopic (exact) mass is 869 g/mol. The normalized spacial score (nSPS) is 21.1. The number of nitrogens with two attached hydrogens (primary N) is 1. The van der Waals surface area contributed by atoms with Crippen molar-refractivity contribution < 1.29 is 23.2 Å². The Morgan fingerprint density at radius 1 is 0.656 bits per heavy atom. The van der Waals surface area contributed by atoms with Gasteiger partial charge in [-0.15, -0.1) is 0 Å². The van der Waals surface area contributed by atoms with Crippen LogP contribution in [0.5, 0.6) is 0 Å². The van der Waals surface area contributed by atoms with Crippen molar-refractivity contribution in [1.29, 1.82) is 0 Å². The van der Waals surface area contributed by atoms with E-state index < -0.39 is 0 Å². The number of urea groups is 1. The van der Waals surface area contributed by atoms with Crippen LogP contribution in [0.15, 0.2) is 97.1 Å². The van der Waals surface area contributed by atoms with E-state index in [0.29, 0.717) is 33.5 Å². The fraction of sp³-hybridized carbons (Fsp3) is 0.340. The Labute approximate surface area is 366 Å². The van der Waals surface area contributed by atoms with Crippen molar-refractivity contribution in [3.8, 4) is 0 Å². The van der Waals surface area contributed by atoms with Gasteiger partial charge in [0, 0.05) is 97.9 Å². The molecule has 4 aromatic rings. The smallest absolute Gasteiger partial charge is 0.319 e. The van der Waals surface area contributed by atoms with Crippen LogP contribution < -0.4 is 16.4 Å². The first kappa shape index (κ1) is 43.8. The summed E-state index contributed by atoms with van der Waals surface area (Å²) in [4.78, 5) is 46.6. The number of carbonyl (C=O) groups excluding carboxylic acids is 3. The van der Waals surface area contributed by atoms with Gasteiger partial charge >= 0.3 is 6.03 Å². The second-order valence-corrected chi connectivity index (χ2v) is 16.9. The van der Waals surface area contributed by atoms with Gasteiger partial charge in [-0.1, -0.05) is 59.6 Å². The number of fused-ring (bicyclic) bond motifs is 4. The van der Waals surface area contributed by atoms with Crippen molar-refractivity contribution in [2.45, 2.75) is 69.9 Å². The number of halogens is 4. The molecule has 0 radical (unpaired) electrons. The fourth-order valence-electron chi connectivity index (χ4n) is 8.96. The van der Waals surface area contributed by atoms with Crippen molar-refractivity contribution in [1.82, 2.24) is 24.9 Å². The van der Waals surface area contributed by atoms with E-state index in [1.807, 2.05) is 47.1 Å². The highest BCUT2D eigenvalue weighted by Gasteiger charge is 2.42. The highest BCUT2D eigenvalue weighted by Crippen LogP contribution is 2.33. The molecular formula is C47H51Cl2F2N7O3. The molecule has 4 fully saturated rings. The van der Waals surface area contributed by atoms with Crippen LogP contribution >= 0.6 is 23.2 Å². The Hall–Kier alpha value is -5.27. The van der Waals surface area contributed by atoms with Gasteiger partial charge in [-0.05, 0) is 116 Å². The number of hydrogen-bond donors (Lipinski definition) is 3. The lowest BCUT2D eigenvalue weighted by molar-refractivity contribution is -0.132. The predicted octanol–water partition coefficient (Wildman–Crippen LogP) is 8.46. The summed E-state index contributed by atoms with van der Waals surface area (Å²) in [6.07, 6.45) is 10.7. The standard InChI is InChI=1S/C25H28ClFN4O2.C22H23ClFN3O/c1-2-28-25(33)29-23-13-19(26)7-5-18(23)6-12-24(32)31-21-10-11-22(31)16-30(15-21)14-17-3-8-20(27)9-4-17;23-17-5-3-16(21(25)11-17)4-10-22(28)27-19-8-9-20(27)14-26(13-19)12-15-1-6-18(24)7-2-15/h3-9,12-13,21-22H,2,10-11,14-16H2,1H3,(H2,28,29,33);1-7,10-11,19-20H,8-9,12-14,25H2/b12-6+;10-4+. The molecule has 14 heteroatoms. The van der Waals surface area contributed by atoms with Gasteiger partial charge < -0.3 is 26.2 Å². The van der Waals surface area contributed by atoms with E-state index in [1.165, 1.54) is 24.3 Å². The molecule has 4 bridgehead atoms. The molecule has 4 unspecified atom stereocenters. The summed E-state index contributed by atoms with van der Waals surface area (Å²) in [5.41, 5.74) is 10.7. The molecule has 8 rings (SSSR count). The van der Waals surface area contributed by atoms with Crippen LogP contribution in [0.3, 0.4) is 0 Å². The number of amides is 4. The Balaban J connectivity index is 0.000000186. The third-order valence-electron chi connectivity index (χ3n) is 11.7. The summed E-state index contributed by atoms with van der Waals surface area (Å²) in [5, 5.41) is 6.54. The quantitative estimate of drug-likeness (QED) is 0.109. The maximum Gasteiger partial charge on any atom is 0.319 e. The number of nitrogens with one attached hydrogen (secondary N) is 2. The minimum absolute atomic E-state index is 0.0251. The molecule has 0 aromatic heterocycles. The zero-order chi connectivity index (χ0) is 43.0. The van der Waals surface area contributed by atoms with Crippen molar-refractivity contribution in [3.63, 3.8) is 0 Å². The summed E-state index contributed by atoms with van der Waals surface area (Å²) in [5.74, 6) is -0.440. The van der Waals surface area contributed by atoms with Gasteiger partial charge in [-0.2, -0.15) is 0 Å². The molecule has 10 nitrogen and oxygen atoms in total. The third-order valence-corrected chi connectivity index (χ3v) is 12.2. The number of benzene rings is 4. The SMILES string of the molecule is CCNC(=O)Nc1cc(Cl)ccc1/C=C/C(=O)N1C2CCC1CN(Cc1ccc(F)cc1)C2.Nc1cc(Cl)ccc1/C=C/C(=O)N1C2CCC1CN(Cc1ccc(F)cc1)C2. The number of piperazine rings is 2. The summed E-state index contributed by atoms with van der Waals surface area (Å²) < 4.78 is 26.3. The Morgan fingerprint density at radius 2 is 1.08 bits per heavy atom. The van der Waals surface area contributed by atoms with E-state index in [9.17, 15) is 23.2 Å². The van der Waals surface area contributed by atoms with Crippen molar-refractivity contribution in [2.75, 3.05) is 43.8 Å². The molecule has 0 aliphatic carbocycles. The van der Waals surface area contributed by atoms with Gasteiger partial charge in [-0.3, -0.25) is 19.4 Å². The fourth-order valence-corrected chi connectivity index (χ4v) is 9.31. The predicted molar refractivity (Wildman–Crippen MR) is 239 cm³/mol. The lowest BCUT2D eigenvalue weighted by Gasteiger charge is -2.40. The molecule has 61 heavy (non-hydrogen) atoms. The second kappa shape index (κ2) is 20.1. The van der Waals surface area contributed by atoms with Crippen LogP contribution in [0.1, 0.15) is 54.9 Å². The summed E-state index contributed by atoms with van der Waals surface area (Å²) in [6, 6.07) is 24.1. The van der Waals surface area contributed by atoms with E-state index >= 15 is 0 Å². The molecule has 4 N–H and O–H groups in total. The number of nitrogen functional groups attached to an aromatic ring is 1. The Bertz CT molecular complexity index is 2230. The highest BCUT2D eigenvalue weighted by molar-refractivity contribution is 6.31. The zero-order valence-corrected chi connectivity index (χ0v) is 35.6. The average molecular weight is 871 g/mol. The number of carbonyl (C=O) groups is 3. The van der Waals surface area contributed by atoms with Crippen LogP contribution in [-0.4, -0.2) is 94.3 Å². The van der Waals surface area contributed by atoms with E-state index in [4.69, 9.17) is 28.9 Å². The molecular weight excluding hydrogens is 819 g/mol. The molecule has 4 heterocycles. The van der Waals surface area contributed by atoms with Crippen LogP contribution in [0, 0.1) is 11.6 Å². The lowest BCUT2D eigenvalue weighted by atomic mass is 10.1. The van der Waals surface area contributed by atoms with Crippen molar-refractivity contribution in [2.24, 2.45) is 0 Å². The van der Waals surface area contributed by atoms with E-state index in [1.54, 1.807) is 54.6 Å². The van der Waals surface area contributed by atoms with Gasteiger partial charge in [0.25, 0.3) is 0 Å². The van der Waals surface area contributed by atoms with Crippen molar-refractivity contribution in [3.05, 3.63) is 141 Å². The number of nitrogens with zero attached hydrogens (tertiary/aromatic N) is 4. The summed E-state index contributed by atoms with van der Waals surface area (Å²) in [6.45, 7) is 7.18. The Kier molecular flexibility index (Phi) is 14.4. The summed E-state index contributed by atoms with van der Waals surface area (Å²) in [7, 11) is 0. The molecule has 4 amide bonds. The molecule has 0 spiro atoms. The number of rotatable bonds is 10. The van der Waals surface area contributed by atoms with Gasteiger partial charge in [-0.25, -0.2) is 13.6 Å². The first-order chi connectivity index (χ1) is 29.4. The van der Waals surface area contributed by atoms with Gasteiger partial charge in [0.2, 0.25) is 11.8 Å². The van der Waals surface area contributed by atoms with Crippen LogP contribution in [0.25, 0.3) is 12.2 Å². The topological polar surface area (TPSA) is 114 Å². The third kappa shape index (κ3) is 11.4. The van der Waals surface area contributed by atoms with Crippen LogP contribution in [0.2, 0.25) is 10.0 Å². The maximum absolute atomic E-state index is 13.2. The van der Waals surface area contributed by atoms with Gasteiger partial charge in [0.05, 0.1) is 5.69 Å². The second-order valence-electron chi connectivity index (χ2n) is 16.1. The molecule has 320 valence electrons. The maximum atomic E-state index is 13.2. The molecule has 4 aliphatic heterocycles. The molecule has 4 aromatic carbocycles. The molecule has 4 atom stereocenters. The zero-order valence-electron chi connectivity index (χ0n) is 34.1. The first-order valence-electron chi connectivity index (χ1n) is 20.8. The minimum Gasteiger partial charge on any atom is -0.398 e. The molecule has 4 aliphatic rings. The highest BCUT2D eigenvalue weighted by atomic mass is 35.5. The number of likely N-dealkylation sites (tertiary alicyclic amines) is 2. The van der Waals surface area contributed by atoms with Gasteiger partial charge in [0.15, 0.2) is 0 Å². The van der Waals surface area contributed by atoms with Crippen LogP contribution in [-0.2, 0) is 22.7 Å². The number of anilines is 2. The van der Waals surface area contributed by atoms with E-state index in [2.05, 4.69) is 20.4 Å². The van der Waals surface area contributed by atoms with Crippen molar-refractivity contribution >= 4 is 64.6 Å². The largest absolute Gasteiger partial charge is 0.398 e. The summed E-state index contributed by atoms with van der Waals surface area (Å²) >= 11 is 12.0.